The number of urea groups is 2. The van der Waals surface area contributed by atoms with E-state index in [1.165, 1.54) is 0 Å². The first-order valence-corrected chi connectivity index (χ1v) is 10.9. The third-order valence-electron chi connectivity index (χ3n) is 5.78. The molecule has 0 aliphatic carbocycles. The minimum absolute atomic E-state index is 0.476. The van der Waals surface area contributed by atoms with Crippen LogP contribution in [0.15, 0.2) is 36.4 Å². The lowest BCUT2D eigenvalue weighted by atomic mass is 9.91. The highest BCUT2D eigenvalue weighted by molar-refractivity contribution is 6.10. The molecular weight excluding hydrogens is 440 g/mol. The Bertz CT molecular complexity index is 1180. The molecular formula is C24H26N4O6. The number of rotatable bonds is 4. The molecule has 10 nitrogen and oxygen atoms in total. The van der Waals surface area contributed by atoms with E-state index in [0.29, 0.717) is 36.0 Å². The van der Waals surface area contributed by atoms with Gasteiger partial charge in [-0.1, -0.05) is 23.8 Å². The fourth-order valence-electron chi connectivity index (χ4n) is 3.93. The summed E-state index contributed by atoms with van der Waals surface area (Å²) in [6.07, 6.45) is 0.733. The van der Waals surface area contributed by atoms with Crippen LogP contribution in [0.25, 0.3) is 0 Å². The number of fused-ring (bicyclic) bond motifs is 1. The molecule has 178 valence electrons. The topological polar surface area (TPSA) is 126 Å². The second-order valence-corrected chi connectivity index (χ2v) is 8.48. The van der Waals surface area contributed by atoms with E-state index < -0.39 is 36.0 Å². The van der Waals surface area contributed by atoms with Gasteiger partial charge in [-0.05, 0) is 50.1 Å². The van der Waals surface area contributed by atoms with Crippen molar-refractivity contribution in [2.24, 2.45) is 0 Å². The summed E-state index contributed by atoms with van der Waals surface area (Å²) in [5.74, 6) is -0.365. The van der Waals surface area contributed by atoms with Gasteiger partial charge >= 0.3 is 12.1 Å². The van der Waals surface area contributed by atoms with Crippen molar-refractivity contribution in [2.45, 2.75) is 32.7 Å². The monoisotopic (exact) mass is 466 g/mol. The minimum Gasteiger partial charge on any atom is -0.490 e. The van der Waals surface area contributed by atoms with Crippen molar-refractivity contribution < 1.29 is 28.7 Å². The van der Waals surface area contributed by atoms with E-state index >= 15 is 0 Å². The number of nitrogens with zero attached hydrogens (tertiary/aromatic N) is 1. The Morgan fingerprint density at radius 3 is 2.53 bits per heavy atom. The standard InChI is InChI=1S/C24H26N4O6/c1-14-5-7-17(15(2)11-14)25-22(31)26-20(29)13-28-21(30)24(3,27-23(28)32)16-6-8-18-19(12-16)34-10-4-9-33-18/h5-8,11-12H,4,9-10,13H2,1-3H3,(H,27,32)(H2,25,26,29,31)/t24-/m0/s1. The maximum atomic E-state index is 13.2. The molecule has 0 radical (unpaired) electrons. The van der Waals surface area contributed by atoms with Crippen molar-refractivity contribution in [3.05, 3.63) is 53.1 Å². The summed E-state index contributed by atoms with van der Waals surface area (Å²) in [6, 6.07) is 8.98. The van der Waals surface area contributed by atoms with Gasteiger partial charge in [0.25, 0.3) is 5.91 Å². The van der Waals surface area contributed by atoms with Gasteiger partial charge in [-0.3, -0.25) is 19.8 Å². The SMILES string of the molecule is Cc1ccc(NC(=O)NC(=O)CN2C(=O)N[C@@](C)(c3ccc4c(c3)OCCCO4)C2=O)c(C)c1. The molecule has 2 aliphatic rings. The average molecular weight is 466 g/mol. The Morgan fingerprint density at radius 2 is 1.79 bits per heavy atom. The number of amides is 6. The highest BCUT2D eigenvalue weighted by atomic mass is 16.5. The highest BCUT2D eigenvalue weighted by Crippen LogP contribution is 2.36. The summed E-state index contributed by atoms with van der Waals surface area (Å²) in [5, 5.41) is 7.39. The van der Waals surface area contributed by atoms with Gasteiger partial charge in [0.1, 0.15) is 12.1 Å². The molecule has 3 N–H and O–H groups in total. The maximum Gasteiger partial charge on any atom is 0.325 e. The predicted molar refractivity (Wildman–Crippen MR) is 123 cm³/mol. The summed E-state index contributed by atoms with van der Waals surface area (Å²) < 4.78 is 11.3. The zero-order chi connectivity index (χ0) is 24.5. The maximum absolute atomic E-state index is 13.2. The van der Waals surface area contributed by atoms with Crippen molar-refractivity contribution in [3.8, 4) is 11.5 Å². The molecule has 0 saturated carbocycles. The molecule has 2 aliphatic heterocycles. The minimum atomic E-state index is -1.40. The second kappa shape index (κ2) is 9.05. The Labute approximate surface area is 196 Å². The van der Waals surface area contributed by atoms with Crippen molar-refractivity contribution in [1.82, 2.24) is 15.5 Å². The van der Waals surface area contributed by atoms with Crippen LogP contribution in [0, 0.1) is 13.8 Å². The van der Waals surface area contributed by atoms with Crippen LogP contribution in [0.4, 0.5) is 15.3 Å². The lowest BCUT2D eigenvalue weighted by Crippen LogP contribution is -2.45. The first-order chi connectivity index (χ1) is 16.2. The van der Waals surface area contributed by atoms with Gasteiger partial charge in [0.05, 0.1) is 13.2 Å². The van der Waals surface area contributed by atoms with E-state index in [-0.39, 0.29) is 0 Å². The van der Waals surface area contributed by atoms with E-state index in [4.69, 9.17) is 9.47 Å². The number of imide groups is 2. The number of nitrogens with one attached hydrogen (secondary N) is 3. The quantitative estimate of drug-likeness (QED) is 0.595. The van der Waals surface area contributed by atoms with Crippen molar-refractivity contribution in [2.75, 3.05) is 25.1 Å². The Kier molecular flexibility index (Phi) is 6.14. The molecule has 0 bridgehead atoms. The normalized spacial score (nSPS) is 19.3. The Balaban J connectivity index is 1.43. The van der Waals surface area contributed by atoms with Gasteiger partial charge in [-0.15, -0.1) is 0 Å². The third kappa shape index (κ3) is 4.52. The largest absolute Gasteiger partial charge is 0.490 e. The number of anilines is 1. The average Bonchev–Trinajstić information content (AvgIpc) is 2.94. The van der Waals surface area contributed by atoms with E-state index in [9.17, 15) is 19.2 Å². The second-order valence-electron chi connectivity index (χ2n) is 8.48. The first kappa shape index (κ1) is 23.1. The fourth-order valence-corrected chi connectivity index (χ4v) is 3.93. The summed E-state index contributed by atoms with van der Waals surface area (Å²) >= 11 is 0. The third-order valence-corrected chi connectivity index (χ3v) is 5.78. The zero-order valence-electron chi connectivity index (χ0n) is 19.2. The molecule has 34 heavy (non-hydrogen) atoms. The van der Waals surface area contributed by atoms with Crippen LogP contribution in [0.5, 0.6) is 11.5 Å². The lowest BCUT2D eigenvalue weighted by molar-refractivity contribution is -0.134. The number of hydrogen-bond donors (Lipinski definition) is 3. The number of benzene rings is 2. The lowest BCUT2D eigenvalue weighted by Gasteiger charge is -2.23. The summed E-state index contributed by atoms with van der Waals surface area (Å²) in [5.41, 5.74) is 1.51. The van der Waals surface area contributed by atoms with Crippen molar-refractivity contribution in [1.29, 1.82) is 0 Å². The molecule has 6 amide bonds. The molecule has 4 rings (SSSR count). The summed E-state index contributed by atoms with van der Waals surface area (Å²) in [7, 11) is 0. The van der Waals surface area contributed by atoms with E-state index in [2.05, 4.69) is 16.0 Å². The van der Waals surface area contributed by atoms with Crippen LogP contribution in [0.1, 0.15) is 30.0 Å². The smallest absolute Gasteiger partial charge is 0.325 e. The molecule has 2 aromatic rings. The number of carbonyl (C=O) groups excluding carboxylic acids is 4. The fraction of sp³-hybridized carbons (Fsp3) is 0.333. The number of hydrogen-bond acceptors (Lipinski definition) is 6. The van der Waals surface area contributed by atoms with Crippen molar-refractivity contribution in [3.63, 3.8) is 0 Å². The van der Waals surface area contributed by atoms with Crippen LogP contribution in [0.2, 0.25) is 0 Å². The number of aryl methyl sites for hydroxylation is 2. The van der Waals surface area contributed by atoms with Crippen LogP contribution in [-0.4, -0.2) is 48.5 Å². The molecule has 0 unspecified atom stereocenters. The first-order valence-electron chi connectivity index (χ1n) is 10.9. The molecule has 2 aromatic carbocycles. The van der Waals surface area contributed by atoms with Crippen LogP contribution >= 0.6 is 0 Å². The molecule has 1 fully saturated rings. The molecule has 1 atom stereocenters. The molecule has 0 aromatic heterocycles. The highest BCUT2D eigenvalue weighted by Gasteiger charge is 2.49. The van der Waals surface area contributed by atoms with Crippen LogP contribution < -0.4 is 25.4 Å². The summed E-state index contributed by atoms with van der Waals surface area (Å²) in [6.45, 7) is 5.71. The van der Waals surface area contributed by atoms with Crippen LogP contribution in [0.3, 0.4) is 0 Å². The molecule has 0 spiro atoms. The number of ether oxygens (including phenoxy) is 2. The van der Waals surface area contributed by atoms with E-state index in [1.807, 2.05) is 26.0 Å². The summed E-state index contributed by atoms with van der Waals surface area (Å²) in [4.78, 5) is 51.2. The van der Waals surface area contributed by atoms with Gasteiger partial charge in [-0.25, -0.2) is 9.59 Å². The van der Waals surface area contributed by atoms with Gasteiger partial charge in [0.15, 0.2) is 11.5 Å². The molecule has 2 heterocycles. The molecule has 1 saturated heterocycles. The van der Waals surface area contributed by atoms with Gasteiger partial charge in [-0.2, -0.15) is 0 Å². The van der Waals surface area contributed by atoms with E-state index in [1.54, 1.807) is 31.2 Å². The van der Waals surface area contributed by atoms with Crippen molar-refractivity contribution >= 4 is 29.6 Å². The predicted octanol–water partition coefficient (Wildman–Crippen LogP) is 2.58. The van der Waals surface area contributed by atoms with E-state index in [0.717, 1.165) is 22.4 Å². The Morgan fingerprint density at radius 1 is 1.06 bits per heavy atom. The van der Waals surface area contributed by atoms with Gasteiger partial charge in [0, 0.05) is 12.1 Å². The Hall–Kier alpha value is -4.08. The zero-order valence-corrected chi connectivity index (χ0v) is 19.2. The number of carbonyl (C=O) groups is 4. The van der Waals surface area contributed by atoms with Gasteiger partial charge in [0.2, 0.25) is 5.91 Å². The van der Waals surface area contributed by atoms with Gasteiger partial charge < -0.3 is 20.1 Å². The molecule has 10 heteroatoms. The van der Waals surface area contributed by atoms with Crippen LogP contribution in [-0.2, 0) is 15.1 Å².